The van der Waals surface area contributed by atoms with Gasteiger partial charge in [-0.1, -0.05) is 0 Å². The summed E-state index contributed by atoms with van der Waals surface area (Å²) in [6.45, 7) is 1.70. The lowest BCUT2D eigenvalue weighted by molar-refractivity contribution is -0.156. The molecule has 0 aromatic carbocycles. The van der Waals surface area contributed by atoms with Crippen molar-refractivity contribution >= 4 is 17.1 Å². The van der Waals surface area contributed by atoms with Gasteiger partial charge in [-0.25, -0.2) is 4.79 Å². The Morgan fingerprint density at radius 3 is 2.46 bits per heavy atom. The van der Waals surface area contributed by atoms with Gasteiger partial charge in [0, 0.05) is 0 Å². The van der Waals surface area contributed by atoms with Crippen LogP contribution >= 0.6 is 0 Å². The van der Waals surface area contributed by atoms with Gasteiger partial charge in [0.2, 0.25) is 0 Å². The first-order chi connectivity index (χ1) is 6.18. The summed E-state index contributed by atoms with van der Waals surface area (Å²) in [7, 11) is -3.20. The van der Waals surface area contributed by atoms with E-state index in [0.29, 0.717) is 26.3 Å². The molecule has 1 saturated heterocycles. The molecule has 8 heteroatoms. The van der Waals surface area contributed by atoms with Crippen LogP contribution in [0.2, 0.25) is 0 Å². The predicted molar refractivity (Wildman–Crippen MR) is 40.3 cm³/mol. The van der Waals surface area contributed by atoms with Gasteiger partial charge in [0.25, 0.3) is 0 Å². The Kier molecular flexibility index (Phi) is 3.93. The fourth-order valence-electron chi connectivity index (χ4n) is 0.821. The van der Waals surface area contributed by atoms with E-state index in [4.69, 9.17) is 4.74 Å². The molecular weight excluding hydrogens is 202 g/mol. The third-order valence-electron chi connectivity index (χ3n) is 1.32. The molecule has 0 spiro atoms. The minimum Gasteiger partial charge on any atom is -0.379 e. The second kappa shape index (κ2) is 5.00. The second-order valence-electron chi connectivity index (χ2n) is 2.20. The molecule has 0 radical (unpaired) electrons. The smallest absolute Gasteiger partial charge is 0.379 e. The molecule has 0 atom stereocenters. The number of carbonyl (C=O) groups excluding carboxylic acids is 1. The number of rotatable bonds is 2. The van der Waals surface area contributed by atoms with Gasteiger partial charge < -0.3 is 13.8 Å². The Hall–Kier alpha value is -0.860. The minimum atomic E-state index is -3.20. The van der Waals surface area contributed by atoms with Crippen LogP contribution in [0.15, 0.2) is 0 Å². The van der Waals surface area contributed by atoms with E-state index < -0.39 is 17.1 Å². The van der Waals surface area contributed by atoms with Gasteiger partial charge in [0.1, 0.15) is 0 Å². The lowest BCUT2D eigenvalue weighted by atomic mass is 10.5. The average Bonchev–Trinajstić information content (AvgIpc) is 2.04. The van der Waals surface area contributed by atoms with Gasteiger partial charge in [-0.05, 0) is 0 Å². The molecule has 1 rings (SSSR count). The number of hydrogen-bond donors (Lipinski definition) is 1. The summed E-state index contributed by atoms with van der Waals surface area (Å²) >= 11 is 0. The zero-order chi connectivity index (χ0) is 9.68. The topological polar surface area (TPSA) is 82.1 Å². The monoisotopic (exact) mass is 211 g/mol. The van der Waals surface area contributed by atoms with E-state index in [1.165, 1.54) is 5.06 Å². The molecule has 0 saturated carbocycles. The molecule has 1 aliphatic heterocycles. The normalized spacial score (nSPS) is 18.5. The fraction of sp³-hybridized carbons (Fsp3) is 0.800. The summed E-state index contributed by atoms with van der Waals surface area (Å²) < 4.78 is 28.6. The second-order valence-corrected chi connectivity index (χ2v) is 2.83. The van der Waals surface area contributed by atoms with E-state index in [9.17, 15) is 13.2 Å². The summed E-state index contributed by atoms with van der Waals surface area (Å²) in [6, 6.07) is 0. The molecule has 76 valence electrons. The fourth-order valence-corrected chi connectivity index (χ4v) is 0.976. The predicted octanol–water partition coefficient (Wildman–Crippen LogP) is -1.09. The molecular formula is C5H9NO6S. The van der Waals surface area contributed by atoms with E-state index >= 15 is 0 Å². The van der Waals surface area contributed by atoms with Crippen LogP contribution in [0, 0.1) is 0 Å². The highest BCUT2D eigenvalue weighted by atomic mass is 32.2. The van der Waals surface area contributed by atoms with Crippen LogP contribution in [0.4, 0.5) is 4.79 Å². The number of nitrogens with zero attached hydrogens (tertiary/aromatic N) is 1. The first-order valence-electron chi connectivity index (χ1n) is 3.55. The standard InChI is InChI=1S/C5H9NO6S/c7-5(12-13(8)9)11-6-1-3-10-4-2-6/h13H,1-4H2. The van der Waals surface area contributed by atoms with E-state index in [1.54, 1.807) is 0 Å². The zero-order valence-electron chi connectivity index (χ0n) is 6.67. The molecule has 0 aliphatic carbocycles. The third kappa shape index (κ3) is 4.06. The molecule has 7 nitrogen and oxygen atoms in total. The average molecular weight is 211 g/mol. The minimum absolute atomic E-state index is 0.407. The van der Waals surface area contributed by atoms with Crippen molar-refractivity contribution in [2.24, 2.45) is 0 Å². The summed E-state index contributed by atoms with van der Waals surface area (Å²) in [5.41, 5.74) is 0. The van der Waals surface area contributed by atoms with Crippen molar-refractivity contribution in [3.05, 3.63) is 0 Å². The number of morpholine rings is 1. The number of hydroxylamine groups is 2. The van der Waals surface area contributed by atoms with Crippen LogP contribution in [0.5, 0.6) is 0 Å². The molecule has 0 bridgehead atoms. The molecule has 0 aromatic rings. The van der Waals surface area contributed by atoms with Crippen molar-refractivity contribution in [3.8, 4) is 0 Å². The molecule has 1 aliphatic rings. The van der Waals surface area contributed by atoms with Crippen molar-refractivity contribution in [3.63, 3.8) is 0 Å². The summed E-state index contributed by atoms with van der Waals surface area (Å²) in [5.74, 6) is 0. The third-order valence-corrected chi connectivity index (χ3v) is 1.62. The van der Waals surface area contributed by atoms with E-state index in [0.717, 1.165) is 0 Å². The van der Waals surface area contributed by atoms with Crippen LogP contribution in [0.1, 0.15) is 0 Å². The van der Waals surface area contributed by atoms with Crippen LogP contribution in [0.3, 0.4) is 0 Å². The number of hydrogen-bond acceptors (Lipinski definition) is 7. The van der Waals surface area contributed by atoms with E-state index in [2.05, 4.69) is 9.02 Å². The summed E-state index contributed by atoms with van der Waals surface area (Å²) in [5, 5.41) is 1.28. The maximum absolute atomic E-state index is 10.6. The van der Waals surface area contributed by atoms with Gasteiger partial charge >= 0.3 is 17.1 Å². The number of ether oxygens (including phenoxy) is 1. The largest absolute Gasteiger partial charge is 0.543 e. The van der Waals surface area contributed by atoms with E-state index in [-0.39, 0.29) is 0 Å². The lowest BCUT2D eigenvalue weighted by Crippen LogP contribution is -2.37. The number of thiol groups is 1. The highest BCUT2D eigenvalue weighted by Gasteiger charge is 2.16. The Bertz CT molecular complexity index is 237. The SMILES string of the molecule is O=C(ON1CCOCC1)O[SH](=O)=O. The molecule has 0 amide bonds. The van der Waals surface area contributed by atoms with Crippen LogP contribution < -0.4 is 0 Å². The van der Waals surface area contributed by atoms with Crippen molar-refractivity contribution in [1.29, 1.82) is 0 Å². The molecule has 1 fully saturated rings. The highest BCUT2D eigenvalue weighted by molar-refractivity contribution is 7.67. The van der Waals surface area contributed by atoms with E-state index in [1.807, 2.05) is 0 Å². The highest BCUT2D eigenvalue weighted by Crippen LogP contribution is 1.99. The van der Waals surface area contributed by atoms with Crippen LogP contribution in [-0.4, -0.2) is 45.9 Å². The van der Waals surface area contributed by atoms with Crippen molar-refractivity contribution in [2.75, 3.05) is 26.3 Å². The first-order valence-corrected chi connectivity index (χ1v) is 4.65. The maximum Gasteiger partial charge on any atom is 0.543 e. The maximum atomic E-state index is 10.6. The van der Waals surface area contributed by atoms with Crippen molar-refractivity contribution in [2.45, 2.75) is 0 Å². The molecule has 0 unspecified atom stereocenters. The zero-order valence-corrected chi connectivity index (χ0v) is 7.57. The van der Waals surface area contributed by atoms with Gasteiger partial charge in [-0.2, -0.15) is 8.42 Å². The number of carbonyl (C=O) groups is 1. The van der Waals surface area contributed by atoms with Crippen molar-refractivity contribution in [1.82, 2.24) is 5.06 Å². The Morgan fingerprint density at radius 2 is 1.92 bits per heavy atom. The molecule has 0 N–H and O–H groups in total. The molecule has 1 heterocycles. The van der Waals surface area contributed by atoms with Gasteiger partial charge in [-0.15, -0.1) is 5.06 Å². The Morgan fingerprint density at radius 1 is 1.31 bits per heavy atom. The van der Waals surface area contributed by atoms with Gasteiger partial charge in [-0.3, -0.25) is 0 Å². The molecule has 0 aromatic heterocycles. The Labute approximate surface area is 76.3 Å². The summed E-state index contributed by atoms with van der Waals surface area (Å²) in [6.07, 6.45) is -1.24. The van der Waals surface area contributed by atoms with Crippen LogP contribution in [0.25, 0.3) is 0 Å². The quantitative estimate of drug-likeness (QED) is 0.581. The van der Waals surface area contributed by atoms with Gasteiger partial charge in [0.15, 0.2) is 0 Å². The lowest BCUT2D eigenvalue weighted by Gasteiger charge is -2.23. The summed E-state index contributed by atoms with van der Waals surface area (Å²) in [4.78, 5) is 15.1. The van der Waals surface area contributed by atoms with Crippen molar-refractivity contribution < 1.29 is 27.0 Å². The van der Waals surface area contributed by atoms with Crippen LogP contribution in [-0.2, 0) is 24.7 Å². The Balaban J connectivity index is 2.26. The molecule has 13 heavy (non-hydrogen) atoms. The first kappa shape index (κ1) is 10.2. The van der Waals surface area contributed by atoms with Gasteiger partial charge in [0.05, 0.1) is 26.3 Å².